The first-order chi connectivity index (χ1) is 7.20. The molecule has 0 bridgehead atoms. The van der Waals surface area contributed by atoms with Crippen LogP contribution in [0, 0.1) is 0 Å². The fourth-order valence-electron chi connectivity index (χ4n) is 1.68. The molecule has 1 heterocycles. The minimum absolute atomic E-state index is 0.0368. The van der Waals surface area contributed by atoms with Gasteiger partial charge in [-0.1, -0.05) is 24.9 Å². The molecule has 15 heavy (non-hydrogen) atoms. The monoisotopic (exact) mass is 221 g/mol. The van der Waals surface area contributed by atoms with E-state index in [4.69, 9.17) is 11.6 Å². The second-order valence-electron chi connectivity index (χ2n) is 3.60. The van der Waals surface area contributed by atoms with E-state index >= 15 is 0 Å². The molecule has 0 spiro atoms. The second kappa shape index (κ2) is 4.07. The summed E-state index contributed by atoms with van der Waals surface area (Å²) in [6.45, 7) is 2.09. The van der Waals surface area contributed by atoms with Crippen molar-refractivity contribution in [1.29, 1.82) is 0 Å². The van der Waals surface area contributed by atoms with Crippen molar-refractivity contribution in [3.8, 4) is 0 Å². The highest BCUT2D eigenvalue weighted by Crippen LogP contribution is 2.15. The lowest BCUT2D eigenvalue weighted by Crippen LogP contribution is -2.04. The van der Waals surface area contributed by atoms with Gasteiger partial charge in [-0.2, -0.15) is 0 Å². The molecule has 0 atom stereocenters. The summed E-state index contributed by atoms with van der Waals surface area (Å²) < 4.78 is 0. The minimum Gasteiger partial charge on any atom is -0.358 e. The number of aromatic amines is 1. The van der Waals surface area contributed by atoms with Gasteiger partial charge in [0, 0.05) is 27.7 Å². The van der Waals surface area contributed by atoms with Crippen LogP contribution in [0.5, 0.6) is 0 Å². The number of pyridine rings is 1. The summed E-state index contributed by atoms with van der Waals surface area (Å²) in [6, 6.07) is 6.99. The SMILES string of the molecule is CCCc1cc(=O)c2cc(Cl)ccc2[nH]1. The van der Waals surface area contributed by atoms with E-state index in [2.05, 4.69) is 11.9 Å². The lowest BCUT2D eigenvalue weighted by atomic mass is 10.1. The molecule has 1 N–H and O–H groups in total. The summed E-state index contributed by atoms with van der Waals surface area (Å²) in [6.07, 6.45) is 1.92. The topological polar surface area (TPSA) is 32.9 Å². The first-order valence-corrected chi connectivity index (χ1v) is 5.40. The van der Waals surface area contributed by atoms with Gasteiger partial charge in [0.2, 0.25) is 0 Å². The molecular formula is C12H12ClNO. The number of rotatable bonds is 2. The number of hydrogen-bond donors (Lipinski definition) is 1. The summed E-state index contributed by atoms with van der Waals surface area (Å²) in [5.74, 6) is 0. The van der Waals surface area contributed by atoms with E-state index in [9.17, 15) is 4.79 Å². The van der Waals surface area contributed by atoms with E-state index in [1.165, 1.54) is 0 Å². The number of halogens is 1. The van der Waals surface area contributed by atoms with Crippen molar-refractivity contribution in [1.82, 2.24) is 4.98 Å². The quantitative estimate of drug-likeness (QED) is 0.831. The van der Waals surface area contributed by atoms with Gasteiger partial charge in [0.15, 0.2) is 5.43 Å². The Kier molecular flexibility index (Phi) is 2.78. The van der Waals surface area contributed by atoms with Crippen molar-refractivity contribution in [2.24, 2.45) is 0 Å². The molecule has 0 aliphatic rings. The minimum atomic E-state index is 0.0368. The molecule has 1 aromatic carbocycles. The molecule has 0 amide bonds. The van der Waals surface area contributed by atoms with E-state index in [0.29, 0.717) is 10.4 Å². The van der Waals surface area contributed by atoms with Crippen molar-refractivity contribution in [3.63, 3.8) is 0 Å². The van der Waals surface area contributed by atoms with E-state index in [-0.39, 0.29) is 5.43 Å². The van der Waals surface area contributed by atoms with Crippen molar-refractivity contribution in [3.05, 3.63) is 45.2 Å². The Morgan fingerprint density at radius 1 is 1.33 bits per heavy atom. The predicted octanol–water partition coefficient (Wildman–Crippen LogP) is 3.13. The maximum Gasteiger partial charge on any atom is 0.189 e. The van der Waals surface area contributed by atoms with Crippen molar-refractivity contribution >= 4 is 22.5 Å². The molecule has 2 aromatic rings. The summed E-state index contributed by atoms with van der Waals surface area (Å²) in [5, 5.41) is 1.25. The Morgan fingerprint density at radius 3 is 2.87 bits per heavy atom. The predicted molar refractivity (Wildman–Crippen MR) is 63.6 cm³/mol. The highest BCUT2D eigenvalue weighted by atomic mass is 35.5. The van der Waals surface area contributed by atoms with Crippen LogP contribution >= 0.6 is 11.6 Å². The van der Waals surface area contributed by atoms with Crippen LogP contribution in [0.2, 0.25) is 5.02 Å². The Labute approximate surface area is 92.9 Å². The number of benzene rings is 1. The number of H-pyrrole nitrogens is 1. The van der Waals surface area contributed by atoms with Gasteiger partial charge in [-0.15, -0.1) is 0 Å². The van der Waals surface area contributed by atoms with E-state index in [0.717, 1.165) is 24.1 Å². The number of aromatic nitrogens is 1. The van der Waals surface area contributed by atoms with Gasteiger partial charge in [0.1, 0.15) is 0 Å². The van der Waals surface area contributed by atoms with E-state index < -0.39 is 0 Å². The smallest absolute Gasteiger partial charge is 0.189 e. The molecule has 1 aromatic heterocycles. The zero-order chi connectivity index (χ0) is 10.8. The van der Waals surface area contributed by atoms with Gasteiger partial charge >= 0.3 is 0 Å². The summed E-state index contributed by atoms with van der Waals surface area (Å²) >= 11 is 5.84. The molecule has 3 heteroatoms. The van der Waals surface area contributed by atoms with E-state index in [1.807, 2.05) is 6.07 Å². The molecule has 0 fully saturated rings. The number of hydrogen-bond acceptors (Lipinski definition) is 1. The van der Waals surface area contributed by atoms with E-state index in [1.54, 1.807) is 18.2 Å². The lowest BCUT2D eigenvalue weighted by Gasteiger charge is -2.02. The maximum atomic E-state index is 11.7. The largest absolute Gasteiger partial charge is 0.358 e. The van der Waals surface area contributed by atoms with Crippen molar-refractivity contribution < 1.29 is 0 Å². The molecule has 0 saturated carbocycles. The molecule has 0 aliphatic carbocycles. The highest BCUT2D eigenvalue weighted by Gasteiger charge is 2.02. The van der Waals surface area contributed by atoms with Crippen molar-refractivity contribution in [2.75, 3.05) is 0 Å². The standard InChI is InChI=1S/C12H12ClNO/c1-2-3-9-7-12(15)10-6-8(13)4-5-11(10)14-9/h4-7H,2-3H2,1H3,(H,14,15). The normalized spacial score (nSPS) is 10.8. The fourth-order valence-corrected chi connectivity index (χ4v) is 1.85. The third kappa shape index (κ3) is 2.05. The number of nitrogens with one attached hydrogen (secondary N) is 1. The Bertz CT molecular complexity index is 545. The third-order valence-corrected chi connectivity index (χ3v) is 2.60. The first kappa shape index (κ1) is 10.2. The van der Waals surface area contributed by atoms with Crippen LogP contribution in [0.25, 0.3) is 10.9 Å². The highest BCUT2D eigenvalue weighted by molar-refractivity contribution is 6.31. The zero-order valence-corrected chi connectivity index (χ0v) is 9.27. The molecule has 0 aliphatic heterocycles. The lowest BCUT2D eigenvalue weighted by molar-refractivity contribution is 0.888. The molecule has 78 valence electrons. The van der Waals surface area contributed by atoms with Crippen LogP contribution in [0.4, 0.5) is 0 Å². The fraction of sp³-hybridized carbons (Fsp3) is 0.250. The molecular weight excluding hydrogens is 210 g/mol. The van der Waals surface area contributed by atoms with Gasteiger partial charge in [-0.05, 0) is 24.6 Å². The molecule has 0 radical (unpaired) electrons. The Balaban J connectivity index is 2.67. The van der Waals surface area contributed by atoms with Gasteiger partial charge in [-0.25, -0.2) is 0 Å². The Hall–Kier alpha value is -1.28. The van der Waals surface area contributed by atoms with Gasteiger partial charge in [0.05, 0.1) is 0 Å². The van der Waals surface area contributed by atoms with Crippen LogP contribution in [0.15, 0.2) is 29.1 Å². The molecule has 2 rings (SSSR count). The average molecular weight is 222 g/mol. The van der Waals surface area contributed by atoms with Gasteiger partial charge in [-0.3, -0.25) is 4.79 Å². The number of fused-ring (bicyclic) bond motifs is 1. The second-order valence-corrected chi connectivity index (χ2v) is 4.04. The van der Waals surface area contributed by atoms with Crippen molar-refractivity contribution in [2.45, 2.75) is 19.8 Å². The Morgan fingerprint density at radius 2 is 2.13 bits per heavy atom. The molecule has 2 nitrogen and oxygen atoms in total. The molecule has 0 unspecified atom stereocenters. The van der Waals surface area contributed by atoms with Crippen LogP contribution < -0.4 is 5.43 Å². The van der Waals surface area contributed by atoms with Crippen LogP contribution in [0.3, 0.4) is 0 Å². The van der Waals surface area contributed by atoms with Crippen LogP contribution in [0.1, 0.15) is 19.0 Å². The van der Waals surface area contributed by atoms with Gasteiger partial charge < -0.3 is 4.98 Å². The third-order valence-electron chi connectivity index (χ3n) is 2.37. The summed E-state index contributed by atoms with van der Waals surface area (Å²) in [4.78, 5) is 15.0. The average Bonchev–Trinajstić information content (AvgIpc) is 2.20. The zero-order valence-electron chi connectivity index (χ0n) is 8.51. The number of aryl methyl sites for hydroxylation is 1. The molecule has 0 saturated heterocycles. The van der Waals surface area contributed by atoms with Crippen LogP contribution in [-0.2, 0) is 6.42 Å². The first-order valence-electron chi connectivity index (χ1n) is 5.02. The summed E-state index contributed by atoms with van der Waals surface area (Å²) in [5.41, 5.74) is 1.88. The van der Waals surface area contributed by atoms with Crippen LogP contribution in [-0.4, -0.2) is 4.98 Å². The maximum absolute atomic E-state index is 11.7. The summed E-state index contributed by atoms with van der Waals surface area (Å²) in [7, 11) is 0. The van der Waals surface area contributed by atoms with Gasteiger partial charge in [0.25, 0.3) is 0 Å².